The number of aromatic amines is 1. The SMILES string of the molecule is Cc1ccc2c(c1)N(C(=O)c1n[nH]c3ccccc3c1=O)CC(C)O2. The molecular weight excluding hydrogens is 318 g/mol. The number of nitrogens with one attached hydrogen (secondary N) is 1. The summed E-state index contributed by atoms with van der Waals surface area (Å²) in [5.41, 5.74) is 1.80. The summed E-state index contributed by atoms with van der Waals surface area (Å²) in [6.07, 6.45) is -0.168. The molecular formula is C19H17N3O3. The number of benzene rings is 2. The van der Waals surface area contributed by atoms with Gasteiger partial charge in [0.15, 0.2) is 5.69 Å². The third-order valence-electron chi connectivity index (χ3n) is 4.30. The molecule has 1 N–H and O–H groups in total. The minimum Gasteiger partial charge on any atom is -0.487 e. The normalized spacial score (nSPS) is 16.4. The summed E-state index contributed by atoms with van der Waals surface area (Å²) < 4.78 is 5.80. The summed E-state index contributed by atoms with van der Waals surface area (Å²) in [6.45, 7) is 4.20. The minimum absolute atomic E-state index is 0.111. The Labute approximate surface area is 144 Å². The maximum atomic E-state index is 13.1. The number of nitrogens with zero attached hydrogens (tertiary/aromatic N) is 2. The number of ether oxygens (including phenoxy) is 1. The average molecular weight is 335 g/mol. The number of H-pyrrole nitrogens is 1. The number of anilines is 1. The van der Waals surface area contributed by atoms with Gasteiger partial charge in [0.25, 0.3) is 5.91 Å². The summed E-state index contributed by atoms with van der Waals surface area (Å²) >= 11 is 0. The lowest BCUT2D eigenvalue weighted by Gasteiger charge is -2.33. The van der Waals surface area contributed by atoms with E-state index in [-0.39, 0.29) is 17.2 Å². The first kappa shape index (κ1) is 15.4. The highest BCUT2D eigenvalue weighted by molar-refractivity contribution is 6.07. The minimum atomic E-state index is -0.422. The molecule has 0 fully saturated rings. The van der Waals surface area contributed by atoms with Crippen molar-refractivity contribution in [1.29, 1.82) is 0 Å². The van der Waals surface area contributed by atoms with Gasteiger partial charge in [-0.25, -0.2) is 0 Å². The number of rotatable bonds is 1. The van der Waals surface area contributed by atoms with Crippen molar-refractivity contribution < 1.29 is 9.53 Å². The van der Waals surface area contributed by atoms with Gasteiger partial charge >= 0.3 is 0 Å². The smallest absolute Gasteiger partial charge is 0.283 e. The fraction of sp³-hybridized carbons (Fsp3) is 0.211. The van der Waals surface area contributed by atoms with E-state index in [4.69, 9.17) is 4.74 Å². The van der Waals surface area contributed by atoms with E-state index < -0.39 is 5.91 Å². The third kappa shape index (κ3) is 2.55. The summed E-state index contributed by atoms with van der Waals surface area (Å²) in [5.74, 6) is 0.212. The Morgan fingerprint density at radius 1 is 1.28 bits per heavy atom. The molecule has 6 heteroatoms. The van der Waals surface area contributed by atoms with Crippen molar-refractivity contribution >= 4 is 22.5 Å². The first-order valence-electron chi connectivity index (χ1n) is 8.11. The fourth-order valence-electron chi connectivity index (χ4n) is 3.09. The predicted molar refractivity (Wildman–Crippen MR) is 95.3 cm³/mol. The van der Waals surface area contributed by atoms with E-state index in [0.717, 1.165) is 5.56 Å². The Kier molecular flexibility index (Phi) is 3.53. The van der Waals surface area contributed by atoms with Crippen molar-refractivity contribution in [3.05, 3.63) is 63.9 Å². The fourth-order valence-corrected chi connectivity index (χ4v) is 3.09. The van der Waals surface area contributed by atoms with Crippen LogP contribution in [0.25, 0.3) is 10.9 Å². The Morgan fingerprint density at radius 2 is 2.08 bits per heavy atom. The molecule has 0 aliphatic carbocycles. The lowest BCUT2D eigenvalue weighted by Crippen LogP contribution is -2.44. The summed E-state index contributed by atoms with van der Waals surface area (Å²) in [7, 11) is 0. The molecule has 0 radical (unpaired) electrons. The maximum absolute atomic E-state index is 13.1. The molecule has 1 aliphatic rings. The Hall–Kier alpha value is -3.15. The topological polar surface area (TPSA) is 75.3 Å². The van der Waals surface area contributed by atoms with Gasteiger partial charge in [-0.15, -0.1) is 0 Å². The molecule has 25 heavy (non-hydrogen) atoms. The molecule has 1 aliphatic heterocycles. The van der Waals surface area contributed by atoms with Gasteiger partial charge in [0.1, 0.15) is 11.9 Å². The van der Waals surface area contributed by atoms with Gasteiger partial charge in [0.05, 0.1) is 17.7 Å². The van der Waals surface area contributed by atoms with Crippen LogP contribution in [0.15, 0.2) is 47.3 Å². The molecule has 2 aromatic carbocycles. The molecule has 4 rings (SSSR count). The van der Waals surface area contributed by atoms with Crippen LogP contribution < -0.4 is 15.1 Å². The second-order valence-corrected chi connectivity index (χ2v) is 6.26. The van der Waals surface area contributed by atoms with E-state index in [1.165, 1.54) is 0 Å². The molecule has 2 heterocycles. The van der Waals surface area contributed by atoms with E-state index in [1.807, 2.05) is 38.1 Å². The quantitative estimate of drug-likeness (QED) is 0.742. The van der Waals surface area contributed by atoms with Gasteiger partial charge < -0.3 is 4.74 Å². The first-order valence-corrected chi connectivity index (χ1v) is 8.11. The Bertz CT molecular complexity index is 1040. The molecule has 6 nitrogen and oxygen atoms in total. The number of hydrogen-bond acceptors (Lipinski definition) is 4. The van der Waals surface area contributed by atoms with Crippen LogP contribution in [0.2, 0.25) is 0 Å². The standard InChI is InChI=1S/C19H17N3O3/c1-11-7-8-16-15(9-11)22(10-12(2)25-16)19(24)17-18(23)13-5-3-4-6-14(13)20-21-17/h3-9,12H,10H2,1-2H3,(H,20,23). The van der Waals surface area contributed by atoms with Crippen LogP contribution in [0.4, 0.5) is 5.69 Å². The van der Waals surface area contributed by atoms with Crippen molar-refractivity contribution in [2.75, 3.05) is 11.4 Å². The number of para-hydroxylation sites is 1. The van der Waals surface area contributed by atoms with Gasteiger partial charge in [-0.3, -0.25) is 19.6 Å². The average Bonchev–Trinajstić information content (AvgIpc) is 2.61. The van der Waals surface area contributed by atoms with Crippen LogP contribution in [0.1, 0.15) is 23.0 Å². The lowest BCUT2D eigenvalue weighted by atomic mass is 10.1. The van der Waals surface area contributed by atoms with Crippen LogP contribution in [0.3, 0.4) is 0 Å². The van der Waals surface area contributed by atoms with Crippen molar-refractivity contribution in [2.45, 2.75) is 20.0 Å². The molecule has 0 spiro atoms. The second-order valence-electron chi connectivity index (χ2n) is 6.26. The zero-order chi connectivity index (χ0) is 17.6. The van der Waals surface area contributed by atoms with Gasteiger partial charge in [-0.2, -0.15) is 5.10 Å². The molecule has 0 saturated heterocycles. The van der Waals surface area contributed by atoms with Crippen LogP contribution in [-0.4, -0.2) is 28.8 Å². The number of aromatic nitrogens is 2. The van der Waals surface area contributed by atoms with Crippen LogP contribution in [-0.2, 0) is 0 Å². The molecule has 1 atom stereocenters. The van der Waals surface area contributed by atoms with E-state index >= 15 is 0 Å². The van der Waals surface area contributed by atoms with Crippen LogP contribution >= 0.6 is 0 Å². The van der Waals surface area contributed by atoms with Crippen LogP contribution in [0.5, 0.6) is 5.75 Å². The van der Waals surface area contributed by atoms with Gasteiger partial charge in [0.2, 0.25) is 5.43 Å². The van der Waals surface area contributed by atoms with E-state index in [2.05, 4.69) is 10.2 Å². The predicted octanol–water partition coefficient (Wildman–Crippen LogP) is 2.66. The molecule has 1 aromatic heterocycles. The first-order chi connectivity index (χ1) is 12.0. The van der Waals surface area contributed by atoms with Crippen molar-refractivity contribution in [3.63, 3.8) is 0 Å². The highest BCUT2D eigenvalue weighted by Crippen LogP contribution is 2.34. The monoisotopic (exact) mass is 335 g/mol. The van der Waals surface area contributed by atoms with E-state index in [1.54, 1.807) is 23.1 Å². The highest BCUT2D eigenvalue weighted by atomic mass is 16.5. The molecule has 1 unspecified atom stereocenters. The largest absolute Gasteiger partial charge is 0.487 e. The molecule has 0 bridgehead atoms. The zero-order valence-electron chi connectivity index (χ0n) is 13.9. The van der Waals surface area contributed by atoms with Crippen molar-refractivity contribution in [2.24, 2.45) is 0 Å². The van der Waals surface area contributed by atoms with Gasteiger partial charge in [0, 0.05) is 5.39 Å². The highest BCUT2D eigenvalue weighted by Gasteiger charge is 2.30. The maximum Gasteiger partial charge on any atom is 0.283 e. The van der Waals surface area contributed by atoms with Gasteiger partial charge in [-0.05, 0) is 43.7 Å². The number of hydrogen-bond donors (Lipinski definition) is 1. The van der Waals surface area contributed by atoms with Crippen molar-refractivity contribution in [3.8, 4) is 5.75 Å². The number of carbonyl (C=O) groups is 1. The number of amides is 1. The van der Waals surface area contributed by atoms with E-state index in [9.17, 15) is 9.59 Å². The van der Waals surface area contributed by atoms with Crippen molar-refractivity contribution in [1.82, 2.24) is 10.2 Å². The lowest BCUT2D eigenvalue weighted by molar-refractivity contribution is 0.0954. The number of fused-ring (bicyclic) bond motifs is 2. The Balaban J connectivity index is 1.83. The van der Waals surface area contributed by atoms with Crippen LogP contribution in [0, 0.1) is 6.92 Å². The third-order valence-corrected chi connectivity index (χ3v) is 4.30. The molecule has 1 amide bonds. The van der Waals surface area contributed by atoms with Gasteiger partial charge in [-0.1, -0.05) is 18.2 Å². The summed E-state index contributed by atoms with van der Waals surface area (Å²) in [5, 5.41) is 7.28. The number of aryl methyl sites for hydroxylation is 1. The molecule has 3 aromatic rings. The molecule has 126 valence electrons. The Morgan fingerprint density at radius 3 is 2.92 bits per heavy atom. The van der Waals surface area contributed by atoms with E-state index in [0.29, 0.717) is 28.9 Å². The summed E-state index contributed by atoms with van der Waals surface area (Å²) in [4.78, 5) is 27.4. The second kappa shape index (κ2) is 5.73. The number of carbonyl (C=O) groups excluding carboxylic acids is 1. The zero-order valence-corrected chi connectivity index (χ0v) is 13.9. The summed E-state index contributed by atoms with van der Waals surface area (Å²) in [6, 6.07) is 12.7. The molecule has 0 saturated carbocycles.